The summed E-state index contributed by atoms with van der Waals surface area (Å²) in [5.74, 6) is -0.0495. The average molecular weight is 399 g/mol. The molecule has 25 heavy (non-hydrogen) atoms. The summed E-state index contributed by atoms with van der Waals surface area (Å²) in [6.45, 7) is 7.08. The Hall–Kier alpha value is -2.07. The van der Waals surface area contributed by atoms with E-state index in [0.29, 0.717) is 0 Å². The van der Waals surface area contributed by atoms with Gasteiger partial charge < -0.3 is 9.88 Å². The van der Waals surface area contributed by atoms with Crippen LogP contribution in [0.3, 0.4) is 0 Å². The van der Waals surface area contributed by atoms with Crippen LogP contribution in [0.1, 0.15) is 41.4 Å². The number of unbranched alkanes of at least 4 members (excludes halogenated alkanes) is 1. The Morgan fingerprint density at radius 2 is 1.92 bits per heavy atom. The van der Waals surface area contributed by atoms with Gasteiger partial charge in [0.15, 0.2) is 0 Å². The number of aryl methyl sites for hydroxylation is 3. The molecule has 0 fully saturated rings. The van der Waals surface area contributed by atoms with Gasteiger partial charge in [-0.2, -0.15) is 0 Å². The van der Waals surface area contributed by atoms with E-state index in [1.54, 1.807) is 0 Å². The largest absolute Gasteiger partial charge is 0.336 e. The molecular formula is C21H23BrN2O. The fourth-order valence-electron chi connectivity index (χ4n) is 3.23. The first kappa shape index (κ1) is 17.7. The van der Waals surface area contributed by atoms with Crippen LogP contribution < -0.4 is 5.32 Å². The molecule has 0 spiro atoms. The van der Waals surface area contributed by atoms with E-state index in [0.717, 1.165) is 57.3 Å². The van der Waals surface area contributed by atoms with Crippen LogP contribution in [0.5, 0.6) is 0 Å². The lowest BCUT2D eigenvalue weighted by atomic mass is 10.1. The molecule has 0 unspecified atom stereocenters. The second-order valence-corrected chi connectivity index (χ2v) is 7.27. The van der Waals surface area contributed by atoms with Crippen LogP contribution in [0.15, 0.2) is 46.9 Å². The van der Waals surface area contributed by atoms with Gasteiger partial charge in [0.25, 0.3) is 5.91 Å². The van der Waals surface area contributed by atoms with Crippen LogP contribution >= 0.6 is 15.9 Å². The monoisotopic (exact) mass is 398 g/mol. The van der Waals surface area contributed by atoms with Crippen molar-refractivity contribution in [2.75, 3.05) is 5.32 Å². The van der Waals surface area contributed by atoms with E-state index >= 15 is 0 Å². The number of carbonyl (C=O) groups excluding carboxylic acids is 1. The highest BCUT2D eigenvalue weighted by Crippen LogP contribution is 2.27. The number of hydrogen-bond acceptors (Lipinski definition) is 1. The third kappa shape index (κ3) is 3.49. The van der Waals surface area contributed by atoms with E-state index in [1.807, 2.05) is 44.2 Å². The predicted octanol–water partition coefficient (Wildman–Crippen LogP) is 6.07. The number of para-hydroxylation sites is 1. The summed E-state index contributed by atoms with van der Waals surface area (Å²) in [5, 5.41) is 4.21. The summed E-state index contributed by atoms with van der Waals surface area (Å²) < 4.78 is 3.20. The first-order chi connectivity index (χ1) is 12.0. The Balaban J connectivity index is 2.02. The van der Waals surface area contributed by atoms with Gasteiger partial charge in [0.2, 0.25) is 0 Å². The summed E-state index contributed by atoms with van der Waals surface area (Å²) in [4.78, 5) is 13.0. The Morgan fingerprint density at radius 1 is 1.16 bits per heavy atom. The number of anilines is 1. The van der Waals surface area contributed by atoms with Crippen molar-refractivity contribution in [3.63, 3.8) is 0 Å². The number of rotatable bonds is 5. The zero-order chi connectivity index (χ0) is 18.0. The summed E-state index contributed by atoms with van der Waals surface area (Å²) in [6.07, 6.45) is 2.15. The van der Waals surface area contributed by atoms with Crippen LogP contribution in [-0.4, -0.2) is 10.5 Å². The molecule has 1 N–H and O–H groups in total. The molecule has 4 heteroatoms. The third-order valence-corrected chi connectivity index (χ3v) is 5.48. The molecule has 1 amide bonds. The number of nitrogens with zero attached hydrogens (tertiary/aromatic N) is 1. The first-order valence-electron chi connectivity index (χ1n) is 8.68. The average Bonchev–Trinajstić information content (AvgIpc) is 2.89. The van der Waals surface area contributed by atoms with Gasteiger partial charge >= 0.3 is 0 Å². The van der Waals surface area contributed by atoms with Gasteiger partial charge in [-0.25, -0.2) is 0 Å². The molecule has 1 heterocycles. The van der Waals surface area contributed by atoms with Crippen molar-refractivity contribution >= 4 is 38.4 Å². The zero-order valence-corrected chi connectivity index (χ0v) is 16.5. The fourth-order valence-corrected chi connectivity index (χ4v) is 3.48. The van der Waals surface area contributed by atoms with Crippen LogP contribution in [0.4, 0.5) is 5.69 Å². The molecule has 0 saturated carbocycles. The minimum Gasteiger partial charge on any atom is -0.336 e. The number of aromatic nitrogens is 1. The van der Waals surface area contributed by atoms with Crippen LogP contribution in [0, 0.1) is 13.8 Å². The lowest BCUT2D eigenvalue weighted by molar-refractivity contribution is 0.101. The van der Waals surface area contributed by atoms with Crippen LogP contribution in [0.2, 0.25) is 0 Å². The number of nitrogens with one attached hydrogen (secondary N) is 1. The highest BCUT2D eigenvalue weighted by Gasteiger charge is 2.20. The van der Waals surface area contributed by atoms with Crippen molar-refractivity contribution in [1.82, 2.24) is 4.57 Å². The SMILES string of the molecule is CCCCn1c(C(=O)Nc2ccc(Br)c(C)c2)c(C)c2ccccc21. The molecular weight excluding hydrogens is 376 g/mol. The first-order valence-corrected chi connectivity index (χ1v) is 9.47. The molecule has 3 nitrogen and oxygen atoms in total. The maximum Gasteiger partial charge on any atom is 0.272 e. The summed E-state index contributed by atoms with van der Waals surface area (Å²) in [7, 11) is 0. The Labute approximate surface area is 157 Å². The van der Waals surface area contributed by atoms with E-state index in [2.05, 4.69) is 44.9 Å². The topological polar surface area (TPSA) is 34.0 Å². The van der Waals surface area contributed by atoms with Gasteiger partial charge in [-0.15, -0.1) is 0 Å². The molecule has 2 aromatic carbocycles. The number of carbonyl (C=O) groups is 1. The van der Waals surface area contributed by atoms with Gasteiger partial charge in [-0.05, 0) is 55.7 Å². The van der Waals surface area contributed by atoms with E-state index in [-0.39, 0.29) is 5.91 Å². The van der Waals surface area contributed by atoms with Gasteiger partial charge in [-0.3, -0.25) is 4.79 Å². The molecule has 0 aliphatic rings. The molecule has 130 valence electrons. The Bertz CT molecular complexity index is 927. The fraction of sp³-hybridized carbons (Fsp3) is 0.286. The maximum absolute atomic E-state index is 13.0. The number of halogens is 1. The second-order valence-electron chi connectivity index (χ2n) is 6.41. The van der Waals surface area contributed by atoms with E-state index < -0.39 is 0 Å². The molecule has 0 aliphatic carbocycles. The molecule has 0 radical (unpaired) electrons. The lowest BCUT2D eigenvalue weighted by Gasteiger charge is -2.12. The molecule has 3 rings (SSSR count). The van der Waals surface area contributed by atoms with Gasteiger partial charge in [0.05, 0.1) is 0 Å². The summed E-state index contributed by atoms with van der Waals surface area (Å²) in [5.41, 5.74) is 4.84. The van der Waals surface area contributed by atoms with E-state index in [4.69, 9.17) is 0 Å². The molecule has 0 saturated heterocycles. The number of benzene rings is 2. The number of hydrogen-bond donors (Lipinski definition) is 1. The van der Waals surface area contributed by atoms with Crippen molar-refractivity contribution in [2.45, 2.75) is 40.2 Å². The van der Waals surface area contributed by atoms with Crippen molar-refractivity contribution in [2.24, 2.45) is 0 Å². The predicted molar refractivity (Wildman–Crippen MR) is 108 cm³/mol. The Kier molecular flexibility index (Phi) is 5.28. The molecule has 1 aromatic heterocycles. The van der Waals surface area contributed by atoms with Gasteiger partial charge in [0, 0.05) is 27.6 Å². The van der Waals surface area contributed by atoms with Crippen molar-refractivity contribution < 1.29 is 4.79 Å². The normalized spacial score (nSPS) is 11.0. The minimum atomic E-state index is -0.0495. The van der Waals surface area contributed by atoms with Crippen LogP contribution in [0.25, 0.3) is 10.9 Å². The highest BCUT2D eigenvalue weighted by molar-refractivity contribution is 9.10. The summed E-state index contributed by atoms with van der Waals surface area (Å²) >= 11 is 3.50. The van der Waals surface area contributed by atoms with Gasteiger partial charge in [0.1, 0.15) is 5.69 Å². The van der Waals surface area contributed by atoms with E-state index in [9.17, 15) is 4.79 Å². The third-order valence-electron chi connectivity index (χ3n) is 4.59. The smallest absolute Gasteiger partial charge is 0.272 e. The highest BCUT2D eigenvalue weighted by atomic mass is 79.9. The Morgan fingerprint density at radius 3 is 2.64 bits per heavy atom. The molecule has 3 aromatic rings. The number of fused-ring (bicyclic) bond motifs is 1. The van der Waals surface area contributed by atoms with Crippen molar-refractivity contribution in [3.8, 4) is 0 Å². The van der Waals surface area contributed by atoms with Crippen molar-refractivity contribution in [1.29, 1.82) is 0 Å². The second kappa shape index (κ2) is 7.44. The number of amides is 1. The molecule has 0 bridgehead atoms. The lowest BCUT2D eigenvalue weighted by Crippen LogP contribution is -2.18. The summed E-state index contributed by atoms with van der Waals surface area (Å²) in [6, 6.07) is 14.1. The van der Waals surface area contributed by atoms with Gasteiger partial charge in [-0.1, -0.05) is 47.5 Å². The maximum atomic E-state index is 13.0. The van der Waals surface area contributed by atoms with Crippen LogP contribution in [-0.2, 0) is 6.54 Å². The van der Waals surface area contributed by atoms with Crippen molar-refractivity contribution in [3.05, 3.63) is 63.8 Å². The standard InChI is InChI=1S/C21H23BrN2O/c1-4-5-12-24-19-9-7-6-8-17(19)15(3)20(24)21(25)23-16-10-11-18(22)14(2)13-16/h6-11,13H,4-5,12H2,1-3H3,(H,23,25). The minimum absolute atomic E-state index is 0.0495. The molecule has 0 atom stereocenters. The zero-order valence-electron chi connectivity index (χ0n) is 14.9. The van der Waals surface area contributed by atoms with E-state index in [1.165, 1.54) is 0 Å². The molecule has 0 aliphatic heterocycles. The quantitative estimate of drug-likeness (QED) is 0.555.